The number of rotatable bonds is 3. The second-order valence-electron chi connectivity index (χ2n) is 7.64. The van der Waals surface area contributed by atoms with Gasteiger partial charge in [-0.25, -0.2) is 4.79 Å². The molecule has 26 heavy (non-hydrogen) atoms. The van der Waals surface area contributed by atoms with E-state index in [1.807, 2.05) is 24.0 Å². The molecule has 6 nitrogen and oxygen atoms in total. The van der Waals surface area contributed by atoms with E-state index >= 15 is 0 Å². The van der Waals surface area contributed by atoms with E-state index in [9.17, 15) is 9.90 Å². The predicted octanol–water partition coefficient (Wildman–Crippen LogP) is 3.28. The number of aliphatic hydroxyl groups excluding tert-OH is 1. The fourth-order valence-corrected chi connectivity index (χ4v) is 3.19. The van der Waals surface area contributed by atoms with Crippen molar-refractivity contribution in [3.05, 3.63) is 65.2 Å². The van der Waals surface area contributed by atoms with Gasteiger partial charge in [-0.3, -0.25) is 10.4 Å². The molecule has 0 fully saturated rings. The summed E-state index contributed by atoms with van der Waals surface area (Å²) in [5.74, 6) is -0.428. The van der Waals surface area contributed by atoms with Gasteiger partial charge in [-0.1, -0.05) is 12.1 Å². The van der Waals surface area contributed by atoms with Crippen LogP contribution in [-0.4, -0.2) is 37.9 Å². The zero-order valence-corrected chi connectivity index (χ0v) is 15.4. The number of pyridine rings is 1. The van der Waals surface area contributed by atoms with Crippen molar-refractivity contribution in [2.75, 3.05) is 0 Å². The molecule has 0 saturated heterocycles. The molecule has 0 spiro atoms. The highest BCUT2D eigenvalue weighted by Gasteiger charge is 2.48. The zero-order valence-electron chi connectivity index (χ0n) is 15.4. The molecule has 0 aromatic carbocycles. The molecule has 1 aromatic heterocycles. The van der Waals surface area contributed by atoms with Gasteiger partial charge in [0.15, 0.2) is 0 Å². The highest BCUT2D eigenvalue weighted by Crippen LogP contribution is 2.42. The summed E-state index contributed by atoms with van der Waals surface area (Å²) in [6.07, 6.45) is 8.36. The largest absolute Gasteiger partial charge is 0.508 e. The van der Waals surface area contributed by atoms with Crippen LogP contribution in [0.2, 0.25) is 0 Å². The number of nitrogens with zero attached hydrogens (tertiary/aromatic N) is 2. The molecule has 136 valence electrons. The Morgan fingerprint density at radius 2 is 2.15 bits per heavy atom. The third-order valence-electron chi connectivity index (χ3n) is 4.42. The quantitative estimate of drug-likeness (QED) is 0.815. The lowest BCUT2D eigenvalue weighted by molar-refractivity contribution is -0.149. The number of carbonyl (C=O) groups is 1. The van der Waals surface area contributed by atoms with Crippen LogP contribution in [0.15, 0.2) is 59.7 Å². The zero-order chi connectivity index (χ0) is 19.1. The molecule has 1 aromatic rings. The molecule has 0 bridgehead atoms. The fourth-order valence-electron chi connectivity index (χ4n) is 3.19. The number of aromatic nitrogens is 1. The Hall–Kier alpha value is -2.89. The molecule has 1 atom stereocenters. The monoisotopic (exact) mass is 353 g/mol. The van der Waals surface area contributed by atoms with Crippen LogP contribution in [0, 0.1) is 5.41 Å². The van der Waals surface area contributed by atoms with Gasteiger partial charge in [0.2, 0.25) is 0 Å². The Labute approximate surface area is 153 Å². The van der Waals surface area contributed by atoms with E-state index in [0.29, 0.717) is 12.1 Å². The number of fused-ring (bicyclic) bond motifs is 1. The number of carbonyl (C=O) groups excluding carboxylic acids is 1. The van der Waals surface area contributed by atoms with E-state index in [4.69, 9.17) is 10.1 Å². The lowest BCUT2D eigenvalue weighted by Crippen LogP contribution is -2.44. The van der Waals surface area contributed by atoms with Crippen LogP contribution >= 0.6 is 0 Å². The minimum absolute atomic E-state index is 0.0505. The number of nitrogens with one attached hydrogen (secondary N) is 1. The first-order valence-electron chi connectivity index (χ1n) is 8.45. The summed E-state index contributed by atoms with van der Waals surface area (Å²) in [6, 6.07) is 3.76. The van der Waals surface area contributed by atoms with E-state index in [1.54, 1.807) is 45.3 Å². The molecule has 1 aliphatic carbocycles. The number of esters is 1. The van der Waals surface area contributed by atoms with Crippen molar-refractivity contribution in [3.63, 3.8) is 0 Å². The van der Waals surface area contributed by atoms with Gasteiger partial charge >= 0.3 is 5.97 Å². The van der Waals surface area contributed by atoms with Gasteiger partial charge in [0, 0.05) is 24.5 Å². The first-order valence-corrected chi connectivity index (χ1v) is 8.45. The highest BCUT2D eigenvalue weighted by atomic mass is 16.6. The third kappa shape index (κ3) is 3.14. The van der Waals surface area contributed by atoms with Crippen LogP contribution in [0.3, 0.4) is 0 Å². The molecule has 2 aliphatic rings. The SMILES string of the molecule is CC(C)(C)OC(=O)C1=C2C=C(O)C=CC2(C)N(Cc2cccnc2)C1=N. The van der Waals surface area contributed by atoms with E-state index < -0.39 is 17.1 Å². The summed E-state index contributed by atoms with van der Waals surface area (Å²) in [6.45, 7) is 7.70. The van der Waals surface area contributed by atoms with Gasteiger partial charge in [0.25, 0.3) is 0 Å². The third-order valence-corrected chi connectivity index (χ3v) is 4.42. The molecule has 0 saturated carbocycles. The smallest absolute Gasteiger partial charge is 0.342 e. The van der Waals surface area contributed by atoms with Crippen molar-refractivity contribution in [3.8, 4) is 0 Å². The van der Waals surface area contributed by atoms with Crippen molar-refractivity contribution in [2.45, 2.75) is 45.4 Å². The van der Waals surface area contributed by atoms with Gasteiger partial charge in [-0.2, -0.15) is 0 Å². The number of hydrogen-bond donors (Lipinski definition) is 2. The summed E-state index contributed by atoms with van der Waals surface area (Å²) >= 11 is 0. The Balaban J connectivity index is 2.04. The lowest BCUT2D eigenvalue weighted by Gasteiger charge is -2.37. The molecule has 2 N–H and O–H groups in total. The number of aliphatic hydroxyl groups is 1. The van der Waals surface area contributed by atoms with Crippen LogP contribution in [0.4, 0.5) is 0 Å². The van der Waals surface area contributed by atoms with Crippen LogP contribution in [0.5, 0.6) is 0 Å². The molecule has 0 radical (unpaired) electrons. The van der Waals surface area contributed by atoms with Crippen LogP contribution in [-0.2, 0) is 16.1 Å². The second-order valence-corrected chi connectivity index (χ2v) is 7.64. The van der Waals surface area contributed by atoms with E-state index in [2.05, 4.69) is 4.98 Å². The van der Waals surface area contributed by atoms with Gasteiger partial charge in [0.05, 0.1) is 5.54 Å². The maximum atomic E-state index is 12.8. The maximum Gasteiger partial charge on any atom is 0.342 e. The molecule has 1 aliphatic heterocycles. The molecular weight excluding hydrogens is 330 g/mol. The standard InChI is InChI=1S/C20H23N3O3/c1-19(2,3)26-18(25)16-15-10-14(24)7-8-20(15,4)23(17(16)21)12-13-6-5-9-22-11-13/h5-11,21,24H,12H2,1-4H3. The number of hydrogen-bond acceptors (Lipinski definition) is 5. The minimum Gasteiger partial charge on any atom is -0.508 e. The highest BCUT2D eigenvalue weighted by molar-refractivity contribution is 6.21. The summed E-state index contributed by atoms with van der Waals surface area (Å²) in [4.78, 5) is 18.7. The van der Waals surface area contributed by atoms with Gasteiger partial charge < -0.3 is 14.7 Å². The molecule has 2 heterocycles. The fraction of sp³-hybridized carbons (Fsp3) is 0.350. The van der Waals surface area contributed by atoms with Gasteiger partial charge in [0.1, 0.15) is 22.8 Å². The summed E-state index contributed by atoms with van der Waals surface area (Å²) in [7, 11) is 0. The van der Waals surface area contributed by atoms with Crippen LogP contribution < -0.4 is 0 Å². The Morgan fingerprint density at radius 3 is 2.77 bits per heavy atom. The molecule has 0 amide bonds. The van der Waals surface area contributed by atoms with Gasteiger partial charge in [-0.05, 0) is 51.5 Å². The first-order chi connectivity index (χ1) is 12.1. The predicted molar refractivity (Wildman–Crippen MR) is 98.6 cm³/mol. The minimum atomic E-state index is -0.717. The topological polar surface area (TPSA) is 86.5 Å². The second kappa shape index (κ2) is 6.12. The van der Waals surface area contributed by atoms with Crippen LogP contribution in [0.1, 0.15) is 33.3 Å². The van der Waals surface area contributed by atoms with E-state index in [1.165, 1.54) is 6.08 Å². The van der Waals surface area contributed by atoms with Crippen molar-refractivity contribution in [1.29, 1.82) is 5.41 Å². The average molecular weight is 353 g/mol. The van der Waals surface area contributed by atoms with E-state index in [-0.39, 0.29) is 17.2 Å². The van der Waals surface area contributed by atoms with Gasteiger partial charge in [-0.15, -0.1) is 0 Å². The van der Waals surface area contributed by atoms with Crippen LogP contribution in [0.25, 0.3) is 0 Å². The summed E-state index contributed by atoms with van der Waals surface area (Å²) in [5, 5.41) is 18.6. The molecule has 6 heteroatoms. The Morgan fingerprint density at radius 1 is 1.42 bits per heavy atom. The first kappa shape index (κ1) is 17.9. The Kier molecular flexibility index (Phi) is 4.22. The number of amidine groups is 1. The van der Waals surface area contributed by atoms with Crippen molar-refractivity contribution in [2.24, 2.45) is 0 Å². The Bertz CT molecular complexity index is 847. The normalized spacial score (nSPS) is 22.4. The number of ether oxygens (including phenoxy) is 1. The van der Waals surface area contributed by atoms with Crippen molar-refractivity contribution in [1.82, 2.24) is 9.88 Å². The average Bonchev–Trinajstić information content (AvgIpc) is 2.75. The van der Waals surface area contributed by atoms with E-state index in [0.717, 1.165) is 5.56 Å². The molecular formula is C20H23N3O3. The maximum absolute atomic E-state index is 12.8. The van der Waals surface area contributed by atoms with Crippen molar-refractivity contribution >= 4 is 11.8 Å². The summed E-state index contributed by atoms with van der Waals surface area (Å²) in [5.41, 5.74) is 0.290. The summed E-state index contributed by atoms with van der Waals surface area (Å²) < 4.78 is 5.51. The van der Waals surface area contributed by atoms with Crippen molar-refractivity contribution < 1.29 is 14.6 Å². The molecule has 1 unspecified atom stereocenters. The lowest BCUT2D eigenvalue weighted by atomic mass is 9.86. The number of allylic oxidation sites excluding steroid dienone is 1. The molecule has 3 rings (SSSR count).